The fourth-order valence-electron chi connectivity index (χ4n) is 3.16. The zero-order chi connectivity index (χ0) is 14.7. The molecular formula is C18H19NO2. The molecule has 0 bridgehead atoms. The van der Waals surface area contributed by atoms with Crippen molar-refractivity contribution in [3.8, 4) is 0 Å². The zero-order valence-electron chi connectivity index (χ0n) is 12.1. The first-order chi connectivity index (χ1) is 10.3. The van der Waals surface area contributed by atoms with Crippen molar-refractivity contribution in [2.24, 2.45) is 5.92 Å². The van der Waals surface area contributed by atoms with Gasteiger partial charge in [0.25, 0.3) is 0 Å². The summed E-state index contributed by atoms with van der Waals surface area (Å²) < 4.78 is 5.00. The van der Waals surface area contributed by atoms with Gasteiger partial charge >= 0.3 is 5.97 Å². The monoisotopic (exact) mass is 281 g/mol. The Bertz CT molecular complexity index is 597. The van der Waals surface area contributed by atoms with Crippen molar-refractivity contribution in [1.82, 2.24) is 0 Å². The Hall–Kier alpha value is -2.29. The second-order valence-electron chi connectivity index (χ2n) is 5.30. The van der Waals surface area contributed by atoms with Gasteiger partial charge < -0.3 is 9.64 Å². The third kappa shape index (κ3) is 2.64. The van der Waals surface area contributed by atoms with Gasteiger partial charge in [0.2, 0.25) is 0 Å². The molecular weight excluding hydrogens is 262 g/mol. The molecule has 0 unspecified atom stereocenters. The minimum Gasteiger partial charge on any atom is -0.469 e. The molecule has 0 amide bonds. The van der Waals surface area contributed by atoms with Crippen LogP contribution in [0.25, 0.3) is 0 Å². The van der Waals surface area contributed by atoms with Gasteiger partial charge in [-0.2, -0.15) is 0 Å². The lowest BCUT2D eigenvalue weighted by molar-refractivity contribution is -0.145. The maximum atomic E-state index is 12.1. The van der Waals surface area contributed by atoms with Gasteiger partial charge in [0.1, 0.15) is 0 Å². The molecule has 108 valence electrons. The summed E-state index contributed by atoms with van der Waals surface area (Å²) in [7, 11) is 1.47. The van der Waals surface area contributed by atoms with Crippen molar-refractivity contribution in [3.05, 3.63) is 66.2 Å². The summed E-state index contributed by atoms with van der Waals surface area (Å²) in [6, 6.07) is 20.5. The molecule has 0 aliphatic carbocycles. The molecule has 0 radical (unpaired) electrons. The first-order valence-electron chi connectivity index (χ1n) is 7.25. The van der Waals surface area contributed by atoms with Gasteiger partial charge in [0, 0.05) is 12.2 Å². The van der Waals surface area contributed by atoms with E-state index in [1.165, 1.54) is 7.11 Å². The summed E-state index contributed by atoms with van der Waals surface area (Å²) in [6.45, 7) is 0.864. The van der Waals surface area contributed by atoms with Crippen LogP contribution in [0.1, 0.15) is 18.0 Å². The van der Waals surface area contributed by atoms with Crippen LogP contribution in [-0.4, -0.2) is 19.6 Å². The zero-order valence-corrected chi connectivity index (χ0v) is 12.1. The van der Waals surface area contributed by atoms with Gasteiger partial charge in [-0.1, -0.05) is 48.5 Å². The van der Waals surface area contributed by atoms with E-state index >= 15 is 0 Å². The van der Waals surface area contributed by atoms with Crippen molar-refractivity contribution in [2.75, 3.05) is 18.6 Å². The van der Waals surface area contributed by atoms with Crippen molar-refractivity contribution < 1.29 is 9.53 Å². The predicted octanol–water partition coefficient (Wildman–Crippen LogP) is 3.43. The van der Waals surface area contributed by atoms with E-state index in [2.05, 4.69) is 29.2 Å². The third-order valence-corrected chi connectivity index (χ3v) is 4.13. The molecule has 3 nitrogen and oxygen atoms in total. The van der Waals surface area contributed by atoms with Crippen LogP contribution in [0.2, 0.25) is 0 Å². The van der Waals surface area contributed by atoms with E-state index in [9.17, 15) is 4.79 Å². The summed E-state index contributed by atoms with van der Waals surface area (Å²) in [5, 5.41) is 0. The van der Waals surface area contributed by atoms with E-state index in [1.807, 2.05) is 36.4 Å². The number of esters is 1. The number of para-hydroxylation sites is 1. The predicted molar refractivity (Wildman–Crippen MR) is 83.1 cm³/mol. The highest BCUT2D eigenvalue weighted by atomic mass is 16.5. The van der Waals surface area contributed by atoms with Crippen LogP contribution in [0.3, 0.4) is 0 Å². The van der Waals surface area contributed by atoms with Crippen LogP contribution in [0.4, 0.5) is 5.69 Å². The second kappa shape index (κ2) is 6.00. The number of carbonyl (C=O) groups excluding carboxylic acids is 1. The number of hydrogen-bond acceptors (Lipinski definition) is 3. The maximum absolute atomic E-state index is 12.1. The highest BCUT2D eigenvalue weighted by Crippen LogP contribution is 2.40. The van der Waals surface area contributed by atoms with Gasteiger partial charge in [-0.25, -0.2) is 0 Å². The first kappa shape index (κ1) is 13.7. The van der Waals surface area contributed by atoms with Gasteiger partial charge in [-0.3, -0.25) is 4.79 Å². The molecule has 2 aromatic rings. The summed E-state index contributed by atoms with van der Waals surface area (Å²) in [5.74, 6) is -0.236. The summed E-state index contributed by atoms with van der Waals surface area (Å²) >= 11 is 0. The molecule has 1 aliphatic heterocycles. The lowest BCUT2D eigenvalue weighted by atomic mass is 9.93. The number of nitrogens with zero attached hydrogens (tertiary/aromatic N) is 1. The third-order valence-electron chi connectivity index (χ3n) is 4.13. The van der Waals surface area contributed by atoms with Crippen molar-refractivity contribution in [1.29, 1.82) is 0 Å². The van der Waals surface area contributed by atoms with E-state index < -0.39 is 0 Å². The number of anilines is 1. The molecule has 0 N–H and O–H groups in total. The number of rotatable bonds is 3. The van der Waals surface area contributed by atoms with Crippen LogP contribution >= 0.6 is 0 Å². The van der Waals surface area contributed by atoms with E-state index in [0.717, 1.165) is 24.2 Å². The molecule has 0 saturated carbocycles. The van der Waals surface area contributed by atoms with Gasteiger partial charge in [0.15, 0.2) is 0 Å². The van der Waals surface area contributed by atoms with E-state index in [0.29, 0.717) is 0 Å². The molecule has 2 aromatic carbocycles. The minimum atomic E-state index is -0.123. The lowest BCUT2D eigenvalue weighted by Gasteiger charge is -2.29. The van der Waals surface area contributed by atoms with Crippen LogP contribution in [0, 0.1) is 5.92 Å². The van der Waals surface area contributed by atoms with E-state index in [1.54, 1.807) is 0 Å². The Morgan fingerprint density at radius 2 is 1.67 bits per heavy atom. The highest BCUT2D eigenvalue weighted by Gasteiger charge is 2.40. The second-order valence-corrected chi connectivity index (χ2v) is 5.30. The molecule has 21 heavy (non-hydrogen) atoms. The molecule has 0 aromatic heterocycles. The number of ether oxygens (including phenoxy) is 1. The quantitative estimate of drug-likeness (QED) is 0.807. The average Bonchev–Trinajstić information content (AvgIpc) is 3.00. The largest absolute Gasteiger partial charge is 0.469 e. The fraction of sp³-hybridized carbons (Fsp3) is 0.278. The van der Waals surface area contributed by atoms with Crippen molar-refractivity contribution >= 4 is 11.7 Å². The minimum absolute atomic E-state index is 0.0426. The SMILES string of the molecule is COC(=O)[C@@H]1CCN(c2ccccc2)[C@H]1c1ccccc1. The summed E-state index contributed by atoms with van der Waals surface area (Å²) in [4.78, 5) is 14.4. The molecule has 0 spiro atoms. The first-order valence-corrected chi connectivity index (χ1v) is 7.25. The molecule has 1 fully saturated rings. The van der Waals surface area contributed by atoms with E-state index in [-0.39, 0.29) is 17.9 Å². The molecule has 3 rings (SSSR count). The number of methoxy groups -OCH3 is 1. The highest BCUT2D eigenvalue weighted by molar-refractivity contribution is 5.75. The topological polar surface area (TPSA) is 29.5 Å². The van der Waals surface area contributed by atoms with Crippen molar-refractivity contribution in [3.63, 3.8) is 0 Å². The molecule has 3 heteroatoms. The van der Waals surface area contributed by atoms with Crippen LogP contribution in [0.5, 0.6) is 0 Å². The Morgan fingerprint density at radius 1 is 1.05 bits per heavy atom. The summed E-state index contributed by atoms with van der Waals surface area (Å²) in [6.07, 6.45) is 0.821. The molecule has 2 atom stereocenters. The number of hydrogen-bond donors (Lipinski definition) is 0. The Morgan fingerprint density at radius 3 is 2.29 bits per heavy atom. The number of carbonyl (C=O) groups is 1. The molecule has 1 saturated heterocycles. The van der Waals surface area contributed by atoms with Crippen LogP contribution < -0.4 is 4.90 Å². The van der Waals surface area contributed by atoms with Gasteiger partial charge in [-0.05, 0) is 24.1 Å². The number of benzene rings is 2. The standard InChI is InChI=1S/C18H19NO2/c1-21-18(20)16-12-13-19(15-10-6-3-7-11-15)17(16)14-8-4-2-5-9-14/h2-11,16-17H,12-13H2,1H3/t16-,17+/m1/s1. The fourth-order valence-corrected chi connectivity index (χ4v) is 3.16. The van der Waals surface area contributed by atoms with E-state index in [4.69, 9.17) is 4.74 Å². The van der Waals surface area contributed by atoms with Gasteiger partial charge in [0.05, 0.1) is 19.1 Å². The van der Waals surface area contributed by atoms with Crippen LogP contribution in [-0.2, 0) is 9.53 Å². The lowest BCUT2D eigenvalue weighted by Crippen LogP contribution is -2.28. The van der Waals surface area contributed by atoms with Crippen LogP contribution in [0.15, 0.2) is 60.7 Å². The molecule has 1 aliphatic rings. The Kier molecular flexibility index (Phi) is 3.91. The normalized spacial score (nSPS) is 21.3. The van der Waals surface area contributed by atoms with Crippen molar-refractivity contribution in [2.45, 2.75) is 12.5 Å². The Labute approximate surface area is 125 Å². The average molecular weight is 281 g/mol. The maximum Gasteiger partial charge on any atom is 0.311 e. The smallest absolute Gasteiger partial charge is 0.311 e. The summed E-state index contributed by atoms with van der Waals surface area (Å²) in [5.41, 5.74) is 2.31. The van der Waals surface area contributed by atoms with Gasteiger partial charge in [-0.15, -0.1) is 0 Å². The molecule has 1 heterocycles. The Balaban J connectivity index is 1.99.